The number of carbonyl (C=O) groups excluding carboxylic acids is 2. The summed E-state index contributed by atoms with van der Waals surface area (Å²) in [4.78, 5) is 22.8. The number of hydrogen-bond acceptors (Lipinski definition) is 4. The molecule has 0 aromatic heterocycles. The molecule has 1 rings (SSSR count). The van der Waals surface area contributed by atoms with Crippen LogP contribution in [0.15, 0.2) is 12.1 Å². The zero-order valence-electron chi connectivity index (χ0n) is 8.04. The summed E-state index contributed by atoms with van der Waals surface area (Å²) in [6.07, 6.45) is 0. The van der Waals surface area contributed by atoms with Crippen molar-refractivity contribution in [2.45, 2.75) is 0 Å². The van der Waals surface area contributed by atoms with Crippen LogP contribution in [0.5, 0.6) is 11.5 Å². The van der Waals surface area contributed by atoms with Gasteiger partial charge in [-0.1, -0.05) is 0 Å². The number of halogens is 2. The Kier molecular flexibility index (Phi) is 4.15. The van der Waals surface area contributed by atoms with Gasteiger partial charge in [-0.25, -0.2) is 0 Å². The molecule has 16 heavy (non-hydrogen) atoms. The van der Waals surface area contributed by atoms with Crippen LogP contribution in [-0.2, 0) is 0 Å². The van der Waals surface area contributed by atoms with Gasteiger partial charge in [-0.05, 0) is 12.1 Å². The number of carbonyl (C=O) groups is 2. The molecule has 0 bridgehead atoms. The van der Waals surface area contributed by atoms with Gasteiger partial charge in [0.05, 0.1) is 11.8 Å². The number of ketones is 2. The van der Waals surface area contributed by atoms with Crippen molar-refractivity contribution in [3.05, 3.63) is 23.3 Å². The maximum absolute atomic E-state index is 11.4. The fourth-order valence-corrected chi connectivity index (χ4v) is 1.47. The predicted octanol–water partition coefficient (Wildman–Crippen LogP) is 1.94. The van der Waals surface area contributed by atoms with E-state index in [1.54, 1.807) is 0 Å². The summed E-state index contributed by atoms with van der Waals surface area (Å²) >= 11 is 10.7. The molecule has 0 fully saturated rings. The maximum Gasteiger partial charge on any atom is 0.178 e. The lowest BCUT2D eigenvalue weighted by molar-refractivity contribution is 0.0984. The summed E-state index contributed by atoms with van der Waals surface area (Å²) in [6.45, 7) is 0. The van der Waals surface area contributed by atoms with E-state index in [0.29, 0.717) is 0 Å². The minimum atomic E-state index is -0.523. The number of rotatable bonds is 4. The molecule has 0 amide bonds. The van der Waals surface area contributed by atoms with Crippen molar-refractivity contribution in [3.63, 3.8) is 0 Å². The number of alkyl halides is 2. The lowest BCUT2D eigenvalue weighted by Gasteiger charge is -2.07. The van der Waals surface area contributed by atoms with Crippen LogP contribution in [-0.4, -0.2) is 33.5 Å². The fourth-order valence-electron chi connectivity index (χ4n) is 1.18. The Labute approximate surface area is 101 Å². The third-order valence-corrected chi connectivity index (χ3v) is 2.44. The molecule has 2 N–H and O–H groups in total. The second kappa shape index (κ2) is 5.18. The molecule has 0 saturated carbocycles. The first-order chi connectivity index (χ1) is 7.51. The van der Waals surface area contributed by atoms with Crippen LogP contribution in [0.4, 0.5) is 0 Å². The predicted molar refractivity (Wildman–Crippen MR) is 59.9 cm³/mol. The molecular weight excluding hydrogens is 255 g/mol. The average Bonchev–Trinajstić information content (AvgIpc) is 2.30. The third-order valence-electron chi connectivity index (χ3n) is 1.96. The molecule has 4 nitrogen and oxygen atoms in total. The van der Waals surface area contributed by atoms with Crippen molar-refractivity contribution in [2.75, 3.05) is 11.8 Å². The highest BCUT2D eigenvalue weighted by molar-refractivity contribution is 6.34. The van der Waals surface area contributed by atoms with Crippen LogP contribution >= 0.6 is 23.2 Å². The SMILES string of the molecule is O=C(CCl)c1cc(O)c(O)cc1C(=O)CCl. The van der Waals surface area contributed by atoms with Gasteiger partial charge in [0.2, 0.25) is 0 Å². The van der Waals surface area contributed by atoms with E-state index >= 15 is 0 Å². The topological polar surface area (TPSA) is 74.6 Å². The second-order valence-corrected chi connectivity index (χ2v) is 3.53. The summed E-state index contributed by atoms with van der Waals surface area (Å²) in [6, 6.07) is 2.00. The van der Waals surface area contributed by atoms with E-state index in [2.05, 4.69) is 0 Å². The van der Waals surface area contributed by atoms with Gasteiger partial charge in [0.15, 0.2) is 23.1 Å². The summed E-state index contributed by atoms with van der Waals surface area (Å²) < 4.78 is 0. The van der Waals surface area contributed by atoms with E-state index in [1.807, 2.05) is 0 Å². The Bertz CT molecular complexity index is 402. The van der Waals surface area contributed by atoms with Crippen LogP contribution in [0.25, 0.3) is 0 Å². The highest BCUT2D eigenvalue weighted by Crippen LogP contribution is 2.29. The van der Waals surface area contributed by atoms with Crippen LogP contribution in [0.2, 0.25) is 0 Å². The molecule has 0 aliphatic heterocycles. The first-order valence-electron chi connectivity index (χ1n) is 4.25. The Morgan fingerprint density at radius 3 is 1.50 bits per heavy atom. The molecule has 0 radical (unpaired) electrons. The molecular formula is C10H8Cl2O4. The Balaban J connectivity index is 3.38. The number of Topliss-reactive ketones (excluding diaryl/α,β-unsaturated/α-hetero) is 2. The largest absolute Gasteiger partial charge is 0.504 e. The highest BCUT2D eigenvalue weighted by atomic mass is 35.5. The molecule has 0 spiro atoms. The molecule has 1 aromatic rings. The van der Waals surface area contributed by atoms with Crippen LogP contribution in [0.1, 0.15) is 20.7 Å². The summed E-state index contributed by atoms with van der Waals surface area (Å²) in [5.41, 5.74) is -0.0908. The van der Waals surface area contributed by atoms with Crippen LogP contribution < -0.4 is 0 Å². The van der Waals surface area contributed by atoms with E-state index < -0.39 is 23.1 Å². The third kappa shape index (κ3) is 2.46. The highest BCUT2D eigenvalue weighted by Gasteiger charge is 2.18. The lowest BCUT2D eigenvalue weighted by Crippen LogP contribution is -2.11. The van der Waals surface area contributed by atoms with Crippen molar-refractivity contribution in [3.8, 4) is 11.5 Å². The number of hydrogen-bond donors (Lipinski definition) is 2. The molecule has 0 unspecified atom stereocenters. The van der Waals surface area contributed by atoms with Crippen molar-refractivity contribution in [2.24, 2.45) is 0 Å². The minimum Gasteiger partial charge on any atom is -0.504 e. The standard InChI is InChI=1S/C10H8Cl2O4/c11-3-9(15)5-1-7(13)8(14)2-6(5)10(16)4-12/h1-2,13-14H,3-4H2. The second-order valence-electron chi connectivity index (χ2n) is 3.00. The van der Waals surface area contributed by atoms with Gasteiger partial charge in [-0.15, -0.1) is 23.2 Å². The van der Waals surface area contributed by atoms with Crippen molar-refractivity contribution < 1.29 is 19.8 Å². The van der Waals surface area contributed by atoms with E-state index in [9.17, 15) is 19.8 Å². The first kappa shape index (κ1) is 12.8. The Hall–Kier alpha value is -1.26. The monoisotopic (exact) mass is 262 g/mol. The lowest BCUT2D eigenvalue weighted by atomic mass is 10.0. The number of phenolic OH excluding ortho intramolecular Hbond substituents is 2. The number of benzene rings is 1. The first-order valence-corrected chi connectivity index (χ1v) is 5.32. The number of phenols is 2. The maximum atomic E-state index is 11.4. The smallest absolute Gasteiger partial charge is 0.178 e. The Morgan fingerprint density at radius 1 is 0.938 bits per heavy atom. The summed E-state index contributed by atoms with van der Waals surface area (Å²) in [5.74, 6) is -2.67. The Morgan fingerprint density at radius 2 is 1.25 bits per heavy atom. The average molecular weight is 263 g/mol. The molecule has 0 saturated heterocycles. The molecule has 0 aliphatic carbocycles. The van der Waals surface area contributed by atoms with Crippen molar-refractivity contribution in [1.82, 2.24) is 0 Å². The van der Waals surface area contributed by atoms with E-state index in [-0.39, 0.29) is 22.9 Å². The van der Waals surface area contributed by atoms with Crippen LogP contribution in [0.3, 0.4) is 0 Å². The molecule has 0 atom stereocenters. The van der Waals surface area contributed by atoms with Gasteiger partial charge < -0.3 is 10.2 Å². The van der Waals surface area contributed by atoms with Gasteiger partial charge in [-0.3, -0.25) is 9.59 Å². The van der Waals surface area contributed by atoms with Gasteiger partial charge in [0.1, 0.15) is 0 Å². The van der Waals surface area contributed by atoms with Crippen molar-refractivity contribution in [1.29, 1.82) is 0 Å². The summed E-state index contributed by atoms with van der Waals surface area (Å²) in [5, 5.41) is 18.5. The summed E-state index contributed by atoms with van der Waals surface area (Å²) in [7, 11) is 0. The molecule has 0 aliphatic rings. The number of aromatic hydroxyl groups is 2. The van der Waals surface area contributed by atoms with E-state index in [0.717, 1.165) is 12.1 Å². The molecule has 6 heteroatoms. The minimum absolute atomic E-state index is 0.0454. The van der Waals surface area contributed by atoms with Crippen molar-refractivity contribution >= 4 is 34.8 Å². The van der Waals surface area contributed by atoms with Crippen LogP contribution in [0, 0.1) is 0 Å². The van der Waals surface area contributed by atoms with E-state index in [4.69, 9.17) is 23.2 Å². The van der Waals surface area contributed by atoms with Gasteiger partial charge >= 0.3 is 0 Å². The molecule has 0 heterocycles. The quantitative estimate of drug-likeness (QED) is 0.494. The zero-order chi connectivity index (χ0) is 12.3. The zero-order valence-corrected chi connectivity index (χ0v) is 9.55. The normalized spacial score (nSPS) is 10.1. The van der Waals surface area contributed by atoms with Gasteiger partial charge in [-0.2, -0.15) is 0 Å². The van der Waals surface area contributed by atoms with E-state index in [1.165, 1.54) is 0 Å². The van der Waals surface area contributed by atoms with Gasteiger partial charge in [0, 0.05) is 11.1 Å². The van der Waals surface area contributed by atoms with Gasteiger partial charge in [0.25, 0.3) is 0 Å². The molecule has 86 valence electrons. The molecule has 1 aromatic carbocycles. The fraction of sp³-hybridized carbons (Fsp3) is 0.200.